The van der Waals surface area contributed by atoms with Crippen LogP contribution in [0.4, 0.5) is 0 Å². The van der Waals surface area contributed by atoms with E-state index in [1.807, 2.05) is 13.1 Å². The van der Waals surface area contributed by atoms with Crippen molar-refractivity contribution in [2.75, 3.05) is 31.8 Å². The molecular weight excluding hydrogens is 314 g/mol. The summed E-state index contributed by atoms with van der Waals surface area (Å²) >= 11 is 6.36. The third kappa shape index (κ3) is 2.98. The summed E-state index contributed by atoms with van der Waals surface area (Å²) in [4.78, 5) is 0. The summed E-state index contributed by atoms with van der Waals surface area (Å²) in [6, 6.07) is 3.51. The summed E-state index contributed by atoms with van der Waals surface area (Å²) in [5, 5.41) is 3.77. The number of sulfone groups is 1. The zero-order valence-corrected chi connectivity index (χ0v) is 13.3. The first-order valence-electron chi connectivity index (χ1n) is 6.97. The highest BCUT2D eigenvalue weighted by atomic mass is 35.5. The minimum Gasteiger partial charge on any atom is -0.486 e. The van der Waals surface area contributed by atoms with Gasteiger partial charge in [-0.15, -0.1) is 0 Å². The summed E-state index contributed by atoms with van der Waals surface area (Å²) in [5.74, 6) is 1.78. The third-order valence-electron chi connectivity index (χ3n) is 4.05. The maximum Gasteiger partial charge on any atom is 0.162 e. The van der Waals surface area contributed by atoms with Gasteiger partial charge in [0.25, 0.3) is 0 Å². The lowest BCUT2D eigenvalue weighted by Crippen LogP contribution is -2.27. The average Bonchev–Trinajstić information content (AvgIpc) is 2.80. The Bertz CT molecular complexity index is 647. The molecule has 0 radical (unpaired) electrons. The number of rotatable bonds is 3. The van der Waals surface area contributed by atoms with Gasteiger partial charge in [0.1, 0.15) is 13.2 Å². The molecule has 0 spiro atoms. The van der Waals surface area contributed by atoms with E-state index in [2.05, 4.69) is 5.32 Å². The van der Waals surface area contributed by atoms with E-state index >= 15 is 0 Å². The molecule has 2 atom stereocenters. The fraction of sp³-hybridized carbons (Fsp3) is 0.571. The van der Waals surface area contributed by atoms with Gasteiger partial charge in [-0.1, -0.05) is 11.6 Å². The van der Waals surface area contributed by atoms with Gasteiger partial charge in [0.2, 0.25) is 0 Å². The van der Waals surface area contributed by atoms with Crippen molar-refractivity contribution in [2.24, 2.45) is 5.92 Å². The lowest BCUT2D eigenvalue weighted by molar-refractivity contribution is 0.171. The molecule has 0 aliphatic carbocycles. The van der Waals surface area contributed by atoms with Crippen LogP contribution in [0.5, 0.6) is 11.5 Å². The second-order valence-electron chi connectivity index (χ2n) is 5.45. The normalized spacial score (nSPS) is 24.8. The van der Waals surface area contributed by atoms with Crippen LogP contribution in [0.25, 0.3) is 0 Å². The smallest absolute Gasteiger partial charge is 0.162 e. The molecule has 0 bridgehead atoms. The topological polar surface area (TPSA) is 64.6 Å². The van der Waals surface area contributed by atoms with E-state index < -0.39 is 9.84 Å². The Morgan fingerprint density at radius 3 is 2.52 bits per heavy atom. The van der Waals surface area contributed by atoms with Crippen LogP contribution in [-0.4, -0.2) is 40.2 Å². The molecule has 116 valence electrons. The predicted octanol–water partition coefficient (Wildman–Crippen LogP) is 1.81. The van der Waals surface area contributed by atoms with Crippen LogP contribution in [0.3, 0.4) is 0 Å². The molecule has 0 saturated carbocycles. The standard InChI is InChI=1S/C14H18ClNO4S/c1-16-14(9-2-5-21(17,18)8-9)10-6-12-13(7-11(10)15)20-4-3-19-12/h6-7,9,14,16H,2-5,8H2,1H3. The maximum absolute atomic E-state index is 11.7. The minimum atomic E-state index is -2.93. The number of ether oxygens (including phenoxy) is 2. The van der Waals surface area contributed by atoms with E-state index in [1.165, 1.54) is 0 Å². The highest BCUT2D eigenvalue weighted by molar-refractivity contribution is 7.91. The Kier molecular flexibility index (Phi) is 4.03. The maximum atomic E-state index is 11.7. The lowest BCUT2D eigenvalue weighted by Gasteiger charge is -2.26. The van der Waals surface area contributed by atoms with Gasteiger partial charge in [-0.05, 0) is 31.0 Å². The molecule has 2 aliphatic heterocycles. The molecule has 7 heteroatoms. The molecule has 0 aromatic heterocycles. The molecule has 21 heavy (non-hydrogen) atoms. The first-order chi connectivity index (χ1) is 10.00. The zero-order valence-electron chi connectivity index (χ0n) is 11.8. The fourth-order valence-electron chi connectivity index (χ4n) is 3.05. The highest BCUT2D eigenvalue weighted by Gasteiger charge is 2.35. The van der Waals surface area contributed by atoms with E-state index in [1.54, 1.807) is 6.07 Å². The van der Waals surface area contributed by atoms with Crippen LogP contribution in [0.2, 0.25) is 5.02 Å². The van der Waals surface area contributed by atoms with Gasteiger partial charge in [0, 0.05) is 17.1 Å². The Morgan fingerprint density at radius 2 is 1.95 bits per heavy atom. The Balaban J connectivity index is 1.94. The molecule has 1 N–H and O–H groups in total. The van der Waals surface area contributed by atoms with Crippen molar-refractivity contribution in [3.8, 4) is 11.5 Å². The van der Waals surface area contributed by atoms with Gasteiger partial charge in [0.15, 0.2) is 21.3 Å². The van der Waals surface area contributed by atoms with E-state index in [0.29, 0.717) is 36.2 Å². The average molecular weight is 332 g/mol. The first kappa shape index (κ1) is 14.9. The monoisotopic (exact) mass is 331 g/mol. The quantitative estimate of drug-likeness (QED) is 0.915. The lowest BCUT2D eigenvalue weighted by atomic mass is 9.92. The van der Waals surface area contributed by atoms with Crippen molar-refractivity contribution in [3.05, 3.63) is 22.7 Å². The summed E-state index contributed by atoms with van der Waals surface area (Å²) in [6.45, 7) is 1.02. The molecule has 2 unspecified atom stereocenters. The molecule has 1 aromatic carbocycles. The van der Waals surface area contributed by atoms with Crippen molar-refractivity contribution in [1.82, 2.24) is 5.32 Å². The second kappa shape index (κ2) is 5.66. The van der Waals surface area contributed by atoms with Crippen molar-refractivity contribution in [1.29, 1.82) is 0 Å². The number of benzene rings is 1. The molecule has 2 heterocycles. The van der Waals surface area contributed by atoms with Crippen molar-refractivity contribution >= 4 is 21.4 Å². The predicted molar refractivity (Wildman–Crippen MR) is 81.0 cm³/mol. The molecule has 0 amide bonds. The number of hydrogen-bond donors (Lipinski definition) is 1. The fourth-order valence-corrected chi connectivity index (χ4v) is 5.16. The second-order valence-corrected chi connectivity index (χ2v) is 8.08. The van der Waals surface area contributed by atoms with Gasteiger partial charge in [0.05, 0.1) is 11.5 Å². The largest absolute Gasteiger partial charge is 0.486 e. The molecule has 2 aliphatic rings. The summed E-state index contributed by atoms with van der Waals surface area (Å²) in [5.41, 5.74) is 0.866. The molecule has 5 nitrogen and oxygen atoms in total. The van der Waals surface area contributed by atoms with Gasteiger partial charge in [-0.3, -0.25) is 0 Å². The summed E-state index contributed by atoms with van der Waals surface area (Å²) in [7, 11) is -1.11. The van der Waals surface area contributed by atoms with Crippen molar-refractivity contribution < 1.29 is 17.9 Å². The Labute approximate surface area is 129 Å². The van der Waals surface area contributed by atoms with Crippen LogP contribution in [0.15, 0.2) is 12.1 Å². The van der Waals surface area contributed by atoms with Gasteiger partial charge in [-0.25, -0.2) is 8.42 Å². The SMILES string of the molecule is CNC(c1cc2c(cc1Cl)OCCO2)C1CCS(=O)(=O)C1. The van der Waals surface area contributed by atoms with Gasteiger partial charge < -0.3 is 14.8 Å². The van der Waals surface area contributed by atoms with Crippen LogP contribution in [0.1, 0.15) is 18.0 Å². The van der Waals surface area contributed by atoms with Crippen LogP contribution in [-0.2, 0) is 9.84 Å². The number of halogens is 1. The van der Waals surface area contributed by atoms with E-state index in [9.17, 15) is 8.42 Å². The van der Waals surface area contributed by atoms with Crippen LogP contribution in [0, 0.1) is 5.92 Å². The molecular formula is C14H18ClNO4S. The van der Waals surface area contributed by atoms with E-state index in [-0.39, 0.29) is 23.5 Å². The van der Waals surface area contributed by atoms with Crippen LogP contribution >= 0.6 is 11.6 Å². The van der Waals surface area contributed by atoms with Gasteiger partial charge >= 0.3 is 0 Å². The highest BCUT2D eigenvalue weighted by Crippen LogP contribution is 2.41. The van der Waals surface area contributed by atoms with Gasteiger partial charge in [-0.2, -0.15) is 0 Å². The first-order valence-corrected chi connectivity index (χ1v) is 9.17. The van der Waals surface area contributed by atoms with Crippen molar-refractivity contribution in [2.45, 2.75) is 12.5 Å². The summed E-state index contributed by atoms with van der Waals surface area (Å²) < 4.78 is 34.5. The van der Waals surface area contributed by atoms with E-state index in [0.717, 1.165) is 5.56 Å². The summed E-state index contributed by atoms with van der Waals surface area (Å²) in [6.07, 6.45) is 0.651. The van der Waals surface area contributed by atoms with Crippen molar-refractivity contribution in [3.63, 3.8) is 0 Å². The number of fused-ring (bicyclic) bond motifs is 1. The van der Waals surface area contributed by atoms with Crippen LogP contribution < -0.4 is 14.8 Å². The Hall–Kier alpha value is -0.980. The molecule has 3 rings (SSSR count). The Morgan fingerprint density at radius 1 is 1.29 bits per heavy atom. The minimum absolute atomic E-state index is 0.0278. The van der Waals surface area contributed by atoms with E-state index in [4.69, 9.17) is 21.1 Å². The molecule has 1 aromatic rings. The molecule has 1 fully saturated rings. The molecule has 1 saturated heterocycles. The zero-order chi connectivity index (χ0) is 15.0. The third-order valence-corrected chi connectivity index (χ3v) is 6.17. The number of hydrogen-bond acceptors (Lipinski definition) is 5. The number of nitrogens with one attached hydrogen (secondary N) is 1.